The Morgan fingerprint density at radius 1 is 0.921 bits per heavy atom. The zero-order valence-corrected chi connectivity index (χ0v) is 25.1. The van der Waals surface area contributed by atoms with Crippen LogP contribution in [0.25, 0.3) is 0 Å². The molecule has 0 spiro atoms. The molecule has 1 aromatic rings. The van der Waals surface area contributed by atoms with Gasteiger partial charge in [0, 0.05) is 18.3 Å². The Labute approximate surface area is 231 Å². The van der Waals surface area contributed by atoms with Crippen LogP contribution in [0.4, 0.5) is 4.79 Å². The van der Waals surface area contributed by atoms with Crippen LogP contribution in [-0.2, 0) is 0 Å². The molecule has 1 heterocycles. The van der Waals surface area contributed by atoms with E-state index in [2.05, 4.69) is 60.0 Å². The van der Waals surface area contributed by atoms with Crippen molar-refractivity contribution in [2.45, 2.75) is 119 Å². The molecule has 6 rings (SSSR count). The third-order valence-corrected chi connectivity index (χ3v) is 14.7. The maximum atomic E-state index is 12.0. The molecule has 5 aliphatic rings. The van der Waals surface area contributed by atoms with E-state index in [0.29, 0.717) is 33.5 Å². The summed E-state index contributed by atoms with van der Waals surface area (Å²) in [6, 6.07) is 0. The number of fused-ring (bicyclic) bond motifs is 7. The molecule has 0 saturated heterocycles. The molecular weight excluding hydrogens is 468 g/mol. The van der Waals surface area contributed by atoms with Crippen LogP contribution in [-0.4, -0.2) is 20.8 Å². The SMILES string of the molecule is C=C(C)[C@@H]1CC[C@]2(C)CC[C@]3(C)[C@H](CC[C@@H]4[C@@]5(C)CC[C@H](c6nccn6C(=O)O)C(C)(C)[C@@H]5CC[C@]43C)[C@@H]12. The number of hydrogen-bond acceptors (Lipinski definition) is 2. The van der Waals surface area contributed by atoms with Crippen LogP contribution in [0.2, 0.25) is 0 Å². The molecule has 4 nitrogen and oxygen atoms in total. The van der Waals surface area contributed by atoms with Crippen molar-refractivity contribution in [1.29, 1.82) is 0 Å². The van der Waals surface area contributed by atoms with Gasteiger partial charge in [-0.05, 0) is 128 Å². The summed E-state index contributed by atoms with van der Waals surface area (Å²) in [5.74, 6) is 4.62. The first-order valence-electron chi connectivity index (χ1n) is 15.6. The molecule has 0 bridgehead atoms. The highest BCUT2D eigenvalue weighted by Gasteiger charge is 2.70. The molecule has 0 amide bonds. The predicted octanol–water partition coefficient (Wildman–Crippen LogP) is 9.17. The van der Waals surface area contributed by atoms with Gasteiger partial charge in [0.05, 0.1) is 0 Å². The van der Waals surface area contributed by atoms with Gasteiger partial charge in [-0.3, -0.25) is 0 Å². The molecule has 5 saturated carbocycles. The lowest BCUT2D eigenvalue weighted by Crippen LogP contribution is -2.65. The van der Waals surface area contributed by atoms with E-state index in [1.807, 2.05) is 0 Å². The van der Waals surface area contributed by atoms with Crippen LogP contribution >= 0.6 is 0 Å². The molecule has 1 N–H and O–H groups in total. The molecule has 1 aromatic heterocycles. The maximum Gasteiger partial charge on any atom is 0.417 e. The topological polar surface area (TPSA) is 55.1 Å². The van der Waals surface area contributed by atoms with Crippen molar-refractivity contribution in [3.8, 4) is 0 Å². The van der Waals surface area contributed by atoms with E-state index >= 15 is 0 Å². The van der Waals surface area contributed by atoms with E-state index in [4.69, 9.17) is 0 Å². The van der Waals surface area contributed by atoms with Gasteiger partial charge < -0.3 is 5.11 Å². The smallest absolute Gasteiger partial charge is 0.417 e. The fourth-order valence-electron chi connectivity index (χ4n) is 12.7. The molecule has 210 valence electrons. The first-order chi connectivity index (χ1) is 17.7. The second-order valence-corrected chi connectivity index (χ2v) is 16.2. The molecular formula is C34H52N2O2. The first kappa shape index (κ1) is 26.6. The van der Waals surface area contributed by atoms with Gasteiger partial charge in [0.25, 0.3) is 0 Å². The lowest BCUT2D eigenvalue weighted by atomic mass is 9.32. The predicted molar refractivity (Wildman–Crippen MR) is 153 cm³/mol. The van der Waals surface area contributed by atoms with Crippen molar-refractivity contribution in [2.24, 2.45) is 56.7 Å². The lowest BCUT2D eigenvalue weighted by molar-refractivity contribution is -0.237. The average Bonchev–Trinajstić information content (AvgIpc) is 3.44. The number of imidazole rings is 1. The number of nitrogens with zero attached hydrogens (tertiary/aromatic N) is 2. The fraction of sp³-hybridized carbons (Fsp3) is 0.824. The molecule has 5 aliphatic carbocycles. The van der Waals surface area contributed by atoms with Crippen molar-refractivity contribution in [3.63, 3.8) is 0 Å². The van der Waals surface area contributed by atoms with E-state index in [1.54, 1.807) is 12.4 Å². The minimum Gasteiger partial charge on any atom is -0.464 e. The minimum atomic E-state index is -0.909. The van der Waals surface area contributed by atoms with Gasteiger partial charge in [-0.15, -0.1) is 0 Å². The van der Waals surface area contributed by atoms with Gasteiger partial charge in [-0.25, -0.2) is 14.3 Å². The molecule has 0 radical (unpaired) electrons. The van der Waals surface area contributed by atoms with Crippen molar-refractivity contribution >= 4 is 6.09 Å². The van der Waals surface area contributed by atoms with Gasteiger partial charge in [-0.1, -0.05) is 53.7 Å². The summed E-state index contributed by atoms with van der Waals surface area (Å²) in [4.78, 5) is 16.6. The summed E-state index contributed by atoms with van der Waals surface area (Å²) in [6.45, 7) is 22.4. The zero-order valence-electron chi connectivity index (χ0n) is 25.1. The zero-order chi connectivity index (χ0) is 27.5. The van der Waals surface area contributed by atoms with Crippen LogP contribution in [0.15, 0.2) is 24.5 Å². The summed E-state index contributed by atoms with van der Waals surface area (Å²) in [6.07, 6.45) is 15.5. The monoisotopic (exact) mass is 520 g/mol. The Kier molecular flexibility index (Phi) is 5.77. The largest absolute Gasteiger partial charge is 0.464 e. The molecule has 0 aromatic carbocycles. The van der Waals surface area contributed by atoms with Crippen LogP contribution in [0.5, 0.6) is 0 Å². The molecule has 0 unspecified atom stereocenters. The number of hydrogen-bond donors (Lipinski definition) is 1. The minimum absolute atomic E-state index is 0.0201. The molecule has 10 atom stereocenters. The highest BCUT2D eigenvalue weighted by atomic mass is 16.4. The van der Waals surface area contributed by atoms with E-state index < -0.39 is 6.09 Å². The number of carboxylic acid groups (broad SMARTS) is 1. The second kappa shape index (κ2) is 8.23. The van der Waals surface area contributed by atoms with Gasteiger partial charge in [0.1, 0.15) is 5.82 Å². The fourth-order valence-corrected chi connectivity index (χ4v) is 12.7. The summed E-state index contributed by atoms with van der Waals surface area (Å²) >= 11 is 0. The van der Waals surface area contributed by atoms with E-state index in [-0.39, 0.29) is 11.3 Å². The van der Waals surface area contributed by atoms with Crippen LogP contribution in [0.3, 0.4) is 0 Å². The summed E-state index contributed by atoms with van der Waals surface area (Å²) in [7, 11) is 0. The average molecular weight is 521 g/mol. The quantitative estimate of drug-likeness (QED) is 0.395. The molecule has 4 heteroatoms. The highest BCUT2D eigenvalue weighted by molar-refractivity contribution is 5.68. The van der Waals surface area contributed by atoms with E-state index in [0.717, 1.165) is 30.0 Å². The maximum absolute atomic E-state index is 12.0. The van der Waals surface area contributed by atoms with Crippen LogP contribution in [0.1, 0.15) is 124 Å². The van der Waals surface area contributed by atoms with E-state index in [9.17, 15) is 9.90 Å². The number of carbonyl (C=O) groups is 1. The van der Waals surface area contributed by atoms with Gasteiger partial charge in [0.2, 0.25) is 0 Å². The van der Waals surface area contributed by atoms with Gasteiger partial charge >= 0.3 is 6.09 Å². The third kappa shape index (κ3) is 3.21. The summed E-state index contributed by atoms with van der Waals surface area (Å²) in [5.41, 5.74) is 3.02. The lowest BCUT2D eigenvalue weighted by Gasteiger charge is -2.73. The van der Waals surface area contributed by atoms with Crippen molar-refractivity contribution < 1.29 is 9.90 Å². The Bertz CT molecular complexity index is 1150. The van der Waals surface area contributed by atoms with Crippen LogP contribution < -0.4 is 0 Å². The number of allylic oxidation sites excluding steroid dienone is 1. The first-order valence-corrected chi connectivity index (χ1v) is 15.6. The van der Waals surface area contributed by atoms with Crippen molar-refractivity contribution in [1.82, 2.24) is 9.55 Å². The molecule has 0 aliphatic heterocycles. The van der Waals surface area contributed by atoms with Gasteiger partial charge in [-0.2, -0.15) is 0 Å². The molecule has 38 heavy (non-hydrogen) atoms. The Hall–Kier alpha value is -1.58. The van der Waals surface area contributed by atoms with E-state index in [1.165, 1.54) is 67.9 Å². The normalized spacial score (nSPS) is 49.3. The summed E-state index contributed by atoms with van der Waals surface area (Å²) in [5, 5.41) is 9.82. The van der Waals surface area contributed by atoms with Crippen LogP contribution in [0, 0.1) is 56.7 Å². The Morgan fingerprint density at radius 2 is 1.66 bits per heavy atom. The highest BCUT2D eigenvalue weighted by Crippen LogP contribution is 2.78. The Balaban J connectivity index is 1.35. The Morgan fingerprint density at radius 3 is 2.34 bits per heavy atom. The second-order valence-electron chi connectivity index (χ2n) is 16.2. The number of rotatable bonds is 2. The van der Waals surface area contributed by atoms with Crippen molar-refractivity contribution in [2.75, 3.05) is 0 Å². The third-order valence-electron chi connectivity index (χ3n) is 14.7. The molecule has 5 fully saturated rings. The van der Waals surface area contributed by atoms with Gasteiger partial charge in [0.15, 0.2) is 0 Å². The summed E-state index contributed by atoms with van der Waals surface area (Å²) < 4.78 is 1.38. The van der Waals surface area contributed by atoms with Crippen molar-refractivity contribution in [3.05, 3.63) is 30.4 Å². The number of aromatic nitrogens is 2. The standard InChI is InChI=1S/C34H52N2O2/c1-21(2)22-11-14-31(5)17-18-33(7)23(27(22)31)9-10-26-32(6)15-12-24(28-35-19-20-36(28)29(37)38)30(3,4)25(32)13-16-34(26,33)8/h19-20,22-27H,1,9-18H2,2-8H3,(H,37,38)/t22-,23+,24+,25-,26+,27+,31+,32-,33+,34+/m0/s1.